The molecule has 1 saturated heterocycles. The van der Waals surface area contributed by atoms with Crippen molar-refractivity contribution in [2.24, 2.45) is 0 Å². The van der Waals surface area contributed by atoms with Gasteiger partial charge in [0.25, 0.3) is 0 Å². The summed E-state index contributed by atoms with van der Waals surface area (Å²) in [5.74, 6) is -0.0670. The molecule has 0 unspecified atom stereocenters. The average Bonchev–Trinajstić information content (AvgIpc) is 3.65. The Morgan fingerprint density at radius 1 is 1.11 bits per heavy atom. The third kappa shape index (κ3) is 5.50. The molecule has 0 spiro atoms. The number of carbonyl (C=O) groups excluding carboxylic acids is 2. The first kappa shape index (κ1) is 23.8. The van der Waals surface area contributed by atoms with Crippen molar-refractivity contribution in [3.05, 3.63) is 77.0 Å². The van der Waals surface area contributed by atoms with Crippen LogP contribution in [0.1, 0.15) is 12.8 Å². The molecule has 4 heterocycles. The van der Waals surface area contributed by atoms with Gasteiger partial charge in [0.2, 0.25) is 11.8 Å². The molecule has 1 atom stereocenters. The number of likely N-dealkylation sites (tertiary alicyclic amines) is 1. The molecule has 1 fully saturated rings. The van der Waals surface area contributed by atoms with Gasteiger partial charge in [-0.2, -0.15) is 0 Å². The molecular formula is C25H22BrN5O2S2. The van der Waals surface area contributed by atoms with Crippen LogP contribution in [0.3, 0.4) is 0 Å². The van der Waals surface area contributed by atoms with E-state index in [1.54, 1.807) is 22.4 Å². The van der Waals surface area contributed by atoms with Crippen LogP contribution in [-0.4, -0.2) is 49.6 Å². The topological polar surface area (TPSA) is 80.1 Å². The quantitative estimate of drug-likeness (QED) is 0.236. The second-order valence-corrected chi connectivity index (χ2v) is 11.4. The Hall–Kier alpha value is -2.95. The summed E-state index contributed by atoms with van der Waals surface area (Å²) in [6, 6.07) is 16.9. The summed E-state index contributed by atoms with van der Waals surface area (Å²) in [7, 11) is 0. The van der Waals surface area contributed by atoms with Crippen molar-refractivity contribution >= 4 is 56.5 Å². The fourth-order valence-corrected chi connectivity index (χ4v) is 6.13. The van der Waals surface area contributed by atoms with E-state index in [1.165, 1.54) is 11.8 Å². The Morgan fingerprint density at radius 2 is 1.94 bits per heavy atom. The Morgan fingerprint density at radius 3 is 2.74 bits per heavy atom. The summed E-state index contributed by atoms with van der Waals surface area (Å²) >= 11 is 6.36. The number of thiophene rings is 1. The number of para-hydroxylation sites is 2. The molecule has 0 saturated carbocycles. The van der Waals surface area contributed by atoms with E-state index in [0.29, 0.717) is 23.8 Å². The molecule has 178 valence electrons. The number of amides is 2. The first-order valence-electron chi connectivity index (χ1n) is 11.1. The molecule has 0 radical (unpaired) electrons. The smallest absolute Gasteiger partial charge is 0.247 e. The minimum atomic E-state index is -0.489. The number of carbonyl (C=O) groups is 2. The fourth-order valence-electron chi connectivity index (χ4n) is 4.06. The lowest BCUT2D eigenvalue weighted by Crippen LogP contribution is -2.44. The Bertz CT molecular complexity index is 1340. The van der Waals surface area contributed by atoms with E-state index in [2.05, 4.69) is 31.2 Å². The van der Waals surface area contributed by atoms with Gasteiger partial charge in [-0.25, -0.2) is 9.97 Å². The van der Waals surface area contributed by atoms with Gasteiger partial charge in [-0.05, 0) is 71.2 Å². The Labute approximate surface area is 219 Å². The van der Waals surface area contributed by atoms with Gasteiger partial charge in [0, 0.05) is 25.1 Å². The van der Waals surface area contributed by atoms with Crippen LogP contribution in [-0.2, 0) is 9.59 Å². The van der Waals surface area contributed by atoms with Crippen LogP contribution in [0, 0.1) is 0 Å². The van der Waals surface area contributed by atoms with Crippen molar-refractivity contribution in [2.45, 2.75) is 24.0 Å². The van der Waals surface area contributed by atoms with Gasteiger partial charge >= 0.3 is 0 Å². The standard InChI is InChI=1S/C25H22BrN5O2S2/c26-22-10-9-21(35-22)18-11-12-27-25(29-18)34-16-23(32)31-15-5-8-20(31)24(33)28-17-6-1-2-7-19(17)30-13-3-4-14-30/h1-4,6-7,9-14,20H,5,8,15-16H2,(H,28,33)/t20-/m0/s1. The van der Waals surface area contributed by atoms with Gasteiger partial charge in [0.15, 0.2) is 5.16 Å². The lowest BCUT2D eigenvalue weighted by molar-refractivity contribution is -0.134. The van der Waals surface area contributed by atoms with Crippen molar-refractivity contribution in [1.29, 1.82) is 0 Å². The van der Waals surface area contributed by atoms with Crippen LogP contribution in [0.15, 0.2) is 82.1 Å². The van der Waals surface area contributed by atoms with Gasteiger partial charge in [0.1, 0.15) is 6.04 Å². The summed E-state index contributed by atoms with van der Waals surface area (Å²) in [6.07, 6.45) is 7.02. The highest BCUT2D eigenvalue weighted by Crippen LogP contribution is 2.31. The molecule has 4 aromatic rings. The summed E-state index contributed by atoms with van der Waals surface area (Å²) in [6.45, 7) is 0.570. The maximum absolute atomic E-state index is 13.2. The van der Waals surface area contributed by atoms with Crippen LogP contribution in [0.2, 0.25) is 0 Å². The predicted octanol–water partition coefficient (Wildman–Crippen LogP) is 5.48. The highest BCUT2D eigenvalue weighted by atomic mass is 79.9. The number of anilines is 1. The number of rotatable bonds is 7. The Kier molecular flexibility index (Phi) is 7.31. The molecule has 1 N–H and O–H groups in total. The fraction of sp³-hybridized carbons (Fsp3) is 0.200. The second-order valence-electron chi connectivity index (χ2n) is 7.96. The Balaban J connectivity index is 1.23. The minimum absolute atomic E-state index is 0.0841. The highest BCUT2D eigenvalue weighted by Gasteiger charge is 2.34. The maximum Gasteiger partial charge on any atom is 0.247 e. The molecule has 7 nitrogen and oxygen atoms in total. The van der Waals surface area contributed by atoms with Crippen molar-refractivity contribution in [2.75, 3.05) is 17.6 Å². The summed E-state index contributed by atoms with van der Waals surface area (Å²) in [4.78, 5) is 37.8. The third-order valence-corrected chi connectivity index (χ3v) is 8.20. The van der Waals surface area contributed by atoms with Gasteiger partial charge in [-0.3, -0.25) is 9.59 Å². The lowest BCUT2D eigenvalue weighted by atomic mass is 10.2. The van der Waals surface area contributed by atoms with E-state index in [9.17, 15) is 9.59 Å². The van der Waals surface area contributed by atoms with Crippen LogP contribution < -0.4 is 5.32 Å². The van der Waals surface area contributed by atoms with Crippen molar-refractivity contribution in [3.8, 4) is 16.3 Å². The number of nitrogens with one attached hydrogen (secondary N) is 1. The van der Waals surface area contributed by atoms with Crippen LogP contribution in [0.4, 0.5) is 5.69 Å². The average molecular weight is 569 g/mol. The predicted molar refractivity (Wildman–Crippen MR) is 143 cm³/mol. The minimum Gasteiger partial charge on any atom is -0.330 e. The van der Waals surface area contributed by atoms with E-state index in [1.807, 2.05) is 71.6 Å². The summed E-state index contributed by atoms with van der Waals surface area (Å²) in [5, 5.41) is 3.58. The molecule has 3 aromatic heterocycles. The van der Waals surface area contributed by atoms with Crippen molar-refractivity contribution < 1.29 is 9.59 Å². The molecule has 5 rings (SSSR count). The molecule has 0 bridgehead atoms. The van der Waals surface area contributed by atoms with E-state index < -0.39 is 6.04 Å². The third-order valence-electron chi connectivity index (χ3n) is 5.70. The van der Waals surface area contributed by atoms with Gasteiger partial charge in [-0.15, -0.1) is 11.3 Å². The van der Waals surface area contributed by atoms with Crippen LogP contribution >= 0.6 is 39.0 Å². The van der Waals surface area contributed by atoms with E-state index >= 15 is 0 Å². The van der Waals surface area contributed by atoms with Gasteiger partial charge in [-0.1, -0.05) is 23.9 Å². The molecule has 1 aliphatic rings. The molecule has 1 aliphatic heterocycles. The number of aromatic nitrogens is 3. The lowest BCUT2D eigenvalue weighted by Gasteiger charge is -2.24. The summed E-state index contributed by atoms with van der Waals surface area (Å²) < 4.78 is 2.98. The number of benzene rings is 1. The molecular weight excluding hydrogens is 546 g/mol. The molecule has 2 amide bonds. The van der Waals surface area contributed by atoms with Crippen molar-refractivity contribution in [1.82, 2.24) is 19.4 Å². The highest BCUT2D eigenvalue weighted by molar-refractivity contribution is 9.11. The molecule has 1 aromatic carbocycles. The molecule has 10 heteroatoms. The van der Waals surface area contributed by atoms with Crippen molar-refractivity contribution in [3.63, 3.8) is 0 Å². The molecule has 0 aliphatic carbocycles. The van der Waals surface area contributed by atoms with Gasteiger partial charge in [0.05, 0.1) is 31.5 Å². The van der Waals surface area contributed by atoms with Crippen LogP contribution in [0.5, 0.6) is 0 Å². The van der Waals surface area contributed by atoms with Crippen LogP contribution in [0.25, 0.3) is 16.3 Å². The SMILES string of the molecule is O=C(Nc1ccccc1-n1cccc1)[C@@H]1CCCN1C(=O)CSc1nccc(-c2ccc(Br)s2)n1. The first-order valence-corrected chi connectivity index (χ1v) is 13.7. The van der Waals surface area contributed by atoms with Gasteiger partial charge < -0.3 is 14.8 Å². The largest absolute Gasteiger partial charge is 0.330 e. The number of thioether (sulfide) groups is 1. The first-order chi connectivity index (χ1) is 17.1. The number of halogens is 1. The summed E-state index contributed by atoms with van der Waals surface area (Å²) in [5.41, 5.74) is 2.42. The number of nitrogens with zero attached hydrogens (tertiary/aromatic N) is 4. The zero-order valence-electron chi connectivity index (χ0n) is 18.6. The van der Waals surface area contributed by atoms with E-state index in [-0.39, 0.29) is 17.6 Å². The number of hydrogen-bond donors (Lipinski definition) is 1. The maximum atomic E-state index is 13.2. The monoisotopic (exact) mass is 567 g/mol. The normalized spacial score (nSPS) is 15.3. The number of hydrogen-bond acceptors (Lipinski definition) is 6. The van der Waals surface area contributed by atoms with E-state index in [0.717, 1.165) is 26.5 Å². The van der Waals surface area contributed by atoms with E-state index in [4.69, 9.17) is 0 Å². The second kappa shape index (κ2) is 10.8. The zero-order valence-corrected chi connectivity index (χ0v) is 21.9. The zero-order chi connectivity index (χ0) is 24.2. The molecule has 35 heavy (non-hydrogen) atoms.